The van der Waals surface area contributed by atoms with Gasteiger partial charge in [-0.1, -0.05) is 6.07 Å². The minimum atomic E-state index is -4.19. The van der Waals surface area contributed by atoms with E-state index in [0.29, 0.717) is 0 Å². The molecule has 1 saturated heterocycles. The van der Waals surface area contributed by atoms with E-state index in [0.717, 1.165) is 80.5 Å². The molecule has 1 aromatic heterocycles. The second-order valence-electron chi connectivity index (χ2n) is 8.83. The summed E-state index contributed by atoms with van der Waals surface area (Å²) in [7, 11) is -2.47. The molecule has 1 aromatic carbocycles. The Kier molecular flexibility index (Phi) is 6.76. The van der Waals surface area contributed by atoms with Gasteiger partial charge in [-0.2, -0.15) is 5.10 Å². The summed E-state index contributed by atoms with van der Waals surface area (Å²) in [5.41, 5.74) is 6.42. The third-order valence-corrected chi connectivity index (χ3v) is 8.07. The van der Waals surface area contributed by atoms with Crippen molar-refractivity contribution in [3.63, 3.8) is 0 Å². The van der Waals surface area contributed by atoms with Crippen molar-refractivity contribution in [2.75, 3.05) is 18.4 Å². The first-order valence-electron chi connectivity index (χ1n) is 11.1. The molecule has 10 heteroatoms. The van der Waals surface area contributed by atoms with Crippen molar-refractivity contribution in [1.29, 1.82) is 0 Å². The summed E-state index contributed by atoms with van der Waals surface area (Å²) in [5.74, 6) is 0. The van der Waals surface area contributed by atoms with Gasteiger partial charge in [-0.05, 0) is 79.8 Å². The number of fused-ring (bicyclic) bond motifs is 2. The van der Waals surface area contributed by atoms with Gasteiger partial charge >= 0.3 is 29.6 Å². The Labute approximate surface area is 211 Å². The first-order valence-corrected chi connectivity index (χ1v) is 12.5. The van der Waals surface area contributed by atoms with E-state index in [9.17, 15) is 13.2 Å². The molecule has 2 aliphatic carbocycles. The monoisotopic (exact) mass is 465 g/mol. The van der Waals surface area contributed by atoms with Crippen molar-refractivity contribution in [3.8, 4) is 0 Å². The number of likely N-dealkylation sites (tertiary alicyclic amines) is 1. The zero-order chi connectivity index (χ0) is 21.8. The van der Waals surface area contributed by atoms with Crippen molar-refractivity contribution in [2.24, 2.45) is 7.05 Å². The van der Waals surface area contributed by atoms with Gasteiger partial charge in [0.1, 0.15) is 0 Å². The molecule has 0 spiro atoms. The van der Waals surface area contributed by atoms with Gasteiger partial charge in [-0.3, -0.25) is 14.4 Å². The van der Waals surface area contributed by atoms with E-state index >= 15 is 0 Å². The van der Waals surface area contributed by atoms with Crippen molar-refractivity contribution in [1.82, 2.24) is 14.7 Å². The molecule has 3 aliphatic rings. The number of urea groups is 1. The number of hydrogen-bond donors (Lipinski definition) is 1. The molecule has 1 aliphatic heterocycles. The molecular formula is C22H28N5NaO3S. The first kappa shape index (κ1) is 23.8. The van der Waals surface area contributed by atoms with E-state index < -0.39 is 16.1 Å². The van der Waals surface area contributed by atoms with E-state index in [2.05, 4.69) is 26.1 Å². The Morgan fingerprint density at radius 2 is 1.69 bits per heavy atom. The number of hydrogen-bond acceptors (Lipinski definition) is 5. The Hall–Kier alpha value is -1.39. The maximum Gasteiger partial charge on any atom is 1.00 e. The summed E-state index contributed by atoms with van der Waals surface area (Å²) in [5, 5.41) is 6.79. The van der Waals surface area contributed by atoms with Gasteiger partial charge in [0.25, 0.3) is 0 Å². The van der Waals surface area contributed by atoms with Gasteiger partial charge in [-0.25, -0.2) is 8.42 Å². The number of sulfonamides is 1. The molecule has 0 bridgehead atoms. The van der Waals surface area contributed by atoms with Crippen molar-refractivity contribution >= 4 is 21.7 Å². The van der Waals surface area contributed by atoms with Crippen LogP contribution in [0.4, 0.5) is 10.5 Å². The minimum absolute atomic E-state index is 0. The predicted molar refractivity (Wildman–Crippen MR) is 118 cm³/mol. The van der Waals surface area contributed by atoms with Crippen molar-refractivity contribution < 1.29 is 42.8 Å². The maximum atomic E-state index is 12.8. The summed E-state index contributed by atoms with van der Waals surface area (Å²) in [4.78, 5) is 14.9. The predicted octanol–water partition coefficient (Wildman–Crippen LogP) is 0.463. The maximum absolute atomic E-state index is 12.8. The van der Waals surface area contributed by atoms with Gasteiger partial charge < -0.3 is 10.0 Å². The van der Waals surface area contributed by atoms with Crippen LogP contribution in [0.5, 0.6) is 0 Å². The van der Waals surface area contributed by atoms with Gasteiger partial charge in [-0.15, -0.1) is 0 Å². The van der Waals surface area contributed by atoms with Gasteiger partial charge in [0.2, 0.25) is 10.0 Å². The van der Waals surface area contributed by atoms with Crippen molar-refractivity contribution in [2.45, 2.75) is 62.9 Å². The number of aryl methyl sites for hydroxylation is 3. The standard InChI is InChI=1S/C22H29N5O3S.Na/c1-14(27-10-5-11-27)19-13-20(24-26(19)2)31(29,30)25-22(28)23-21-17-8-3-6-15(17)12-16-7-4-9-18(16)21;/h12-14H,3-11H2,1-2H3,(H2,23,25,28);/q;+1/p-1. The summed E-state index contributed by atoms with van der Waals surface area (Å²) < 4.78 is 30.8. The molecule has 1 unspecified atom stereocenters. The van der Waals surface area contributed by atoms with Crippen LogP contribution in [-0.4, -0.2) is 42.2 Å². The second kappa shape index (κ2) is 9.10. The van der Waals surface area contributed by atoms with E-state index in [1.165, 1.54) is 17.2 Å². The van der Waals surface area contributed by atoms with Crippen LogP contribution in [0.1, 0.15) is 60.2 Å². The van der Waals surface area contributed by atoms with Crippen LogP contribution in [-0.2, 0) is 42.8 Å². The fourth-order valence-corrected chi connectivity index (χ4v) is 5.99. The molecule has 0 saturated carbocycles. The number of aromatic nitrogens is 2. The number of carbonyl (C=O) groups excluding carboxylic acids is 1. The number of amides is 2. The summed E-state index contributed by atoms with van der Waals surface area (Å²) in [6.07, 6.45) is 7.09. The molecule has 0 radical (unpaired) electrons. The SMILES string of the molecule is CC(c1cc(S(=O)(=O)[N-]C(=O)Nc2c3c(cc4c2CCC4)CCC3)nn1C)N1CCC1.[Na+]. The van der Waals surface area contributed by atoms with Crippen LogP contribution in [0, 0.1) is 0 Å². The van der Waals surface area contributed by atoms with Crippen LogP contribution in [0.3, 0.4) is 0 Å². The Balaban J connectivity index is 0.00000245. The zero-order valence-corrected chi connectivity index (χ0v) is 21.8. The molecule has 1 N–H and O–H groups in total. The minimum Gasteiger partial charge on any atom is -0.423 e. The summed E-state index contributed by atoms with van der Waals surface area (Å²) in [6.45, 7) is 4.02. The number of rotatable bonds is 5. The van der Waals surface area contributed by atoms with E-state index in [1.807, 2.05) is 6.92 Å². The average Bonchev–Trinajstić information content (AvgIpc) is 3.38. The molecule has 166 valence electrons. The van der Waals surface area contributed by atoms with Gasteiger partial charge in [0, 0.05) is 32.2 Å². The average molecular weight is 466 g/mol. The molecule has 2 aromatic rings. The molecular weight excluding hydrogens is 437 g/mol. The Morgan fingerprint density at radius 1 is 1.06 bits per heavy atom. The topological polar surface area (TPSA) is 98.4 Å². The van der Waals surface area contributed by atoms with Crippen LogP contribution in [0.25, 0.3) is 4.72 Å². The smallest absolute Gasteiger partial charge is 0.423 e. The fraction of sp³-hybridized carbons (Fsp3) is 0.545. The van der Waals surface area contributed by atoms with E-state index in [1.54, 1.807) is 11.7 Å². The number of anilines is 1. The third-order valence-electron chi connectivity index (χ3n) is 6.93. The molecule has 1 atom stereocenters. The molecule has 1 fully saturated rings. The van der Waals surface area contributed by atoms with Gasteiger partial charge in [0.15, 0.2) is 11.1 Å². The first-order chi connectivity index (χ1) is 14.8. The van der Waals surface area contributed by atoms with Crippen LogP contribution < -0.4 is 34.9 Å². The molecule has 5 rings (SSSR count). The number of carbonyl (C=O) groups is 1. The van der Waals surface area contributed by atoms with Crippen LogP contribution in [0.2, 0.25) is 0 Å². The van der Waals surface area contributed by atoms with E-state index in [4.69, 9.17) is 0 Å². The molecule has 32 heavy (non-hydrogen) atoms. The quantitative estimate of drug-likeness (QED) is 0.647. The molecule has 8 nitrogen and oxygen atoms in total. The Morgan fingerprint density at radius 3 is 2.25 bits per heavy atom. The van der Waals surface area contributed by atoms with Gasteiger partial charge in [0.05, 0.1) is 5.69 Å². The van der Waals surface area contributed by atoms with Crippen molar-refractivity contribution in [3.05, 3.63) is 44.8 Å². The number of nitrogens with zero attached hydrogens (tertiary/aromatic N) is 4. The van der Waals surface area contributed by atoms with E-state index in [-0.39, 0.29) is 40.6 Å². The number of nitrogens with one attached hydrogen (secondary N) is 1. The summed E-state index contributed by atoms with van der Waals surface area (Å²) >= 11 is 0. The normalized spacial score (nSPS) is 18.3. The molecule has 2 amide bonds. The third kappa shape index (κ3) is 4.25. The number of benzene rings is 1. The van der Waals surface area contributed by atoms with Crippen LogP contribution >= 0.6 is 0 Å². The second-order valence-corrected chi connectivity index (χ2v) is 10.4. The summed E-state index contributed by atoms with van der Waals surface area (Å²) in [6, 6.07) is 3.02. The zero-order valence-electron chi connectivity index (χ0n) is 19.0. The Bertz CT molecular complexity index is 1120. The fourth-order valence-electron chi connectivity index (χ4n) is 5.14. The van der Waals surface area contributed by atoms with Crippen LogP contribution in [0.15, 0.2) is 17.2 Å². The largest absolute Gasteiger partial charge is 1.00 e. The molecule has 2 heterocycles.